The van der Waals surface area contributed by atoms with Gasteiger partial charge in [0.05, 0.1) is 11.3 Å². The van der Waals surface area contributed by atoms with Gasteiger partial charge in [-0.1, -0.05) is 48.2 Å². The Balaban J connectivity index is 1.77. The molecular weight excluding hydrogens is 394 g/mol. The van der Waals surface area contributed by atoms with Gasteiger partial charge in [-0.3, -0.25) is 9.59 Å². The van der Waals surface area contributed by atoms with E-state index in [2.05, 4.69) is 15.6 Å². The third-order valence-electron chi connectivity index (χ3n) is 4.69. The number of para-hydroxylation sites is 2. The second-order valence-electron chi connectivity index (χ2n) is 7.18. The lowest BCUT2D eigenvalue weighted by Crippen LogP contribution is -2.18. The van der Waals surface area contributed by atoms with E-state index in [1.807, 2.05) is 82.3 Å². The van der Waals surface area contributed by atoms with E-state index in [-0.39, 0.29) is 17.6 Å². The number of anilines is 2. The van der Waals surface area contributed by atoms with Crippen LogP contribution in [0.2, 0.25) is 0 Å². The summed E-state index contributed by atoms with van der Waals surface area (Å²) in [5.41, 5.74) is 5.66. The molecule has 0 aliphatic rings. The van der Waals surface area contributed by atoms with Crippen molar-refractivity contribution in [1.82, 2.24) is 4.98 Å². The van der Waals surface area contributed by atoms with E-state index in [9.17, 15) is 9.59 Å². The van der Waals surface area contributed by atoms with Crippen molar-refractivity contribution in [2.75, 3.05) is 16.4 Å². The number of nitrogens with zero attached hydrogens (tertiary/aromatic N) is 1. The van der Waals surface area contributed by atoms with Gasteiger partial charge in [0.1, 0.15) is 5.03 Å². The highest BCUT2D eigenvalue weighted by Gasteiger charge is 2.19. The van der Waals surface area contributed by atoms with Gasteiger partial charge in [0.2, 0.25) is 5.91 Å². The summed E-state index contributed by atoms with van der Waals surface area (Å²) in [6, 6.07) is 17.1. The van der Waals surface area contributed by atoms with Crippen molar-refractivity contribution < 1.29 is 9.59 Å². The molecule has 0 bridgehead atoms. The Bertz CT molecular complexity index is 1100. The number of nitrogens with one attached hydrogen (secondary N) is 2. The Kier molecular flexibility index (Phi) is 6.90. The Labute approximate surface area is 181 Å². The summed E-state index contributed by atoms with van der Waals surface area (Å²) < 4.78 is 0. The molecule has 0 saturated carbocycles. The topological polar surface area (TPSA) is 71.1 Å². The zero-order chi connectivity index (χ0) is 21.7. The highest BCUT2D eigenvalue weighted by atomic mass is 32.2. The summed E-state index contributed by atoms with van der Waals surface area (Å²) >= 11 is 1.27. The van der Waals surface area contributed by atoms with Crippen LogP contribution >= 0.6 is 11.8 Å². The Hall–Kier alpha value is -3.12. The van der Waals surface area contributed by atoms with Gasteiger partial charge in [0.15, 0.2) is 0 Å². The van der Waals surface area contributed by atoms with E-state index in [0.717, 1.165) is 33.8 Å². The molecule has 1 heterocycles. The summed E-state index contributed by atoms with van der Waals surface area (Å²) in [7, 11) is 0. The SMILES string of the molecule is Cc1cc(C)c(C(=O)Nc2ccccc2C)c(SCC(=O)Nc2ccccc2C)n1. The van der Waals surface area contributed by atoms with Crippen molar-refractivity contribution in [2.45, 2.75) is 32.7 Å². The number of carbonyl (C=O) groups excluding carboxylic acids is 2. The minimum atomic E-state index is -0.226. The molecule has 0 radical (unpaired) electrons. The molecule has 2 aromatic carbocycles. The molecule has 154 valence electrons. The fraction of sp³-hybridized carbons (Fsp3) is 0.208. The second-order valence-corrected chi connectivity index (χ2v) is 8.15. The first-order valence-electron chi connectivity index (χ1n) is 9.68. The molecule has 5 nitrogen and oxygen atoms in total. The third kappa shape index (κ3) is 5.27. The number of hydrogen-bond acceptors (Lipinski definition) is 4. The van der Waals surface area contributed by atoms with Crippen LogP contribution in [0.15, 0.2) is 59.6 Å². The van der Waals surface area contributed by atoms with Crippen molar-refractivity contribution >= 4 is 35.0 Å². The van der Waals surface area contributed by atoms with E-state index in [4.69, 9.17) is 0 Å². The van der Waals surface area contributed by atoms with Crippen molar-refractivity contribution in [2.24, 2.45) is 0 Å². The smallest absolute Gasteiger partial charge is 0.258 e. The minimum Gasteiger partial charge on any atom is -0.325 e. The van der Waals surface area contributed by atoms with Crippen molar-refractivity contribution in [3.8, 4) is 0 Å². The monoisotopic (exact) mass is 419 g/mol. The van der Waals surface area contributed by atoms with E-state index < -0.39 is 0 Å². The summed E-state index contributed by atoms with van der Waals surface area (Å²) in [5.74, 6) is -0.203. The summed E-state index contributed by atoms with van der Waals surface area (Å²) in [5, 5.41) is 6.44. The van der Waals surface area contributed by atoms with Crippen LogP contribution in [-0.2, 0) is 4.79 Å². The number of aromatic nitrogens is 1. The maximum Gasteiger partial charge on any atom is 0.258 e. The number of amides is 2. The van der Waals surface area contributed by atoms with E-state index in [0.29, 0.717) is 10.6 Å². The Morgan fingerprint density at radius 3 is 2.00 bits per heavy atom. The van der Waals surface area contributed by atoms with Gasteiger partial charge < -0.3 is 10.6 Å². The predicted molar refractivity (Wildman–Crippen MR) is 123 cm³/mol. The van der Waals surface area contributed by atoms with Crippen LogP contribution in [0.4, 0.5) is 11.4 Å². The number of rotatable bonds is 6. The molecule has 2 N–H and O–H groups in total. The average molecular weight is 420 g/mol. The normalized spacial score (nSPS) is 10.5. The first-order chi connectivity index (χ1) is 14.3. The lowest BCUT2D eigenvalue weighted by Gasteiger charge is -2.14. The Morgan fingerprint density at radius 1 is 0.833 bits per heavy atom. The largest absolute Gasteiger partial charge is 0.325 e. The van der Waals surface area contributed by atoms with Gasteiger partial charge in [-0.15, -0.1) is 0 Å². The molecular formula is C24H25N3O2S. The predicted octanol–water partition coefficient (Wildman–Crippen LogP) is 5.30. The molecule has 0 aliphatic heterocycles. The molecule has 2 amide bonds. The van der Waals surface area contributed by atoms with Crippen LogP contribution in [0.25, 0.3) is 0 Å². The standard InChI is InChI=1S/C24H25N3O2S/c1-15-9-5-7-11-19(15)26-21(28)14-30-24-22(17(3)13-18(4)25-24)23(29)27-20-12-8-6-10-16(20)2/h5-13H,14H2,1-4H3,(H,26,28)(H,27,29). The number of pyridine rings is 1. The Morgan fingerprint density at radius 2 is 1.40 bits per heavy atom. The van der Waals surface area contributed by atoms with Crippen LogP contribution in [-0.4, -0.2) is 22.6 Å². The molecule has 6 heteroatoms. The average Bonchev–Trinajstić information content (AvgIpc) is 2.69. The molecule has 0 unspecified atom stereocenters. The van der Waals surface area contributed by atoms with Gasteiger partial charge in [0.25, 0.3) is 5.91 Å². The van der Waals surface area contributed by atoms with Crippen LogP contribution < -0.4 is 10.6 Å². The third-order valence-corrected chi connectivity index (χ3v) is 5.67. The van der Waals surface area contributed by atoms with Gasteiger partial charge in [-0.25, -0.2) is 4.98 Å². The van der Waals surface area contributed by atoms with Gasteiger partial charge >= 0.3 is 0 Å². The van der Waals surface area contributed by atoms with Gasteiger partial charge in [0, 0.05) is 17.1 Å². The molecule has 0 spiro atoms. The van der Waals surface area contributed by atoms with Crippen molar-refractivity contribution in [3.63, 3.8) is 0 Å². The lowest BCUT2D eigenvalue weighted by molar-refractivity contribution is -0.113. The van der Waals surface area contributed by atoms with Crippen LogP contribution in [0.5, 0.6) is 0 Å². The van der Waals surface area contributed by atoms with Crippen molar-refractivity contribution in [1.29, 1.82) is 0 Å². The number of benzene rings is 2. The van der Waals surface area contributed by atoms with E-state index in [1.165, 1.54) is 11.8 Å². The molecule has 1 aromatic heterocycles. The number of thioether (sulfide) groups is 1. The highest BCUT2D eigenvalue weighted by Crippen LogP contribution is 2.26. The van der Waals surface area contributed by atoms with Crippen LogP contribution in [0.3, 0.4) is 0 Å². The first kappa shape index (κ1) is 21.6. The fourth-order valence-corrected chi connectivity index (χ4v) is 4.06. The molecule has 30 heavy (non-hydrogen) atoms. The zero-order valence-electron chi connectivity index (χ0n) is 17.6. The number of carbonyl (C=O) groups is 2. The summed E-state index contributed by atoms with van der Waals surface area (Å²) in [6.07, 6.45) is 0. The number of aryl methyl sites for hydroxylation is 4. The maximum absolute atomic E-state index is 13.0. The second kappa shape index (κ2) is 9.59. The molecule has 0 aliphatic carbocycles. The molecule has 0 atom stereocenters. The van der Waals surface area contributed by atoms with Gasteiger partial charge in [-0.05, 0) is 62.6 Å². The molecule has 0 fully saturated rings. The van der Waals surface area contributed by atoms with Crippen LogP contribution in [0, 0.1) is 27.7 Å². The van der Waals surface area contributed by atoms with E-state index in [1.54, 1.807) is 0 Å². The number of hydrogen-bond donors (Lipinski definition) is 2. The quantitative estimate of drug-likeness (QED) is 0.532. The van der Waals surface area contributed by atoms with Gasteiger partial charge in [-0.2, -0.15) is 0 Å². The molecule has 3 rings (SSSR count). The highest BCUT2D eigenvalue weighted by molar-refractivity contribution is 8.00. The van der Waals surface area contributed by atoms with Crippen LogP contribution in [0.1, 0.15) is 32.7 Å². The summed E-state index contributed by atoms with van der Waals surface area (Å²) in [6.45, 7) is 7.66. The lowest BCUT2D eigenvalue weighted by atomic mass is 10.1. The maximum atomic E-state index is 13.0. The molecule has 0 saturated heterocycles. The van der Waals surface area contributed by atoms with Crippen molar-refractivity contribution in [3.05, 3.63) is 82.5 Å². The molecule has 3 aromatic rings. The zero-order valence-corrected chi connectivity index (χ0v) is 18.4. The minimum absolute atomic E-state index is 0.138. The fourth-order valence-electron chi connectivity index (χ4n) is 3.11. The summed E-state index contributed by atoms with van der Waals surface area (Å²) in [4.78, 5) is 30.0. The first-order valence-corrected chi connectivity index (χ1v) is 10.7. The van der Waals surface area contributed by atoms with E-state index >= 15 is 0 Å².